The lowest BCUT2D eigenvalue weighted by Crippen LogP contribution is -2.32. The molecule has 5 heteroatoms. The molecule has 0 saturated heterocycles. The molecular formula is C17H15ClN2O2. The van der Waals surface area contributed by atoms with Crippen LogP contribution in [0.15, 0.2) is 35.4 Å². The molecule has 0 bridgehead atoms. The number of pyridine rings is 1. The summed E-state index contributed by atoms with van der Waals surface area (Å²) in [5.41, 5.74) is 2.54. The molecule has 2 aromatic rings. The van der Waals surface area contributed by atoms with Crippen LogP contribution < -0.4 is 4.90 Å². The van der Waals surface area contributed by atoms with Crippen molar-refractivity contribution < 1.29 is 9.59 Å². The maximum absolute atomic E-state index is 12.3. The molecule has 22 heavy (non-hydrogen) atoms. The lowest BCUT2D eigenvalue weighted by molar-refractivity contribution is -0.120. The van der Waals surface area contributed by atoms with Gasteiger partial charge >= 0.3 is 0 Å². The first-order valence-electron chi connectivity index (χ1n) is 7.10. The van der Waals surface area contributed by atoms with Crippen molar-refractivity contribution in [1.29, 1.82) is 0 Å². The summed E-state index contributed by atoms with van der Waals surface area (Å²) in [4.78, 5) is 30.2. The Kier molecular flexibility index (Phi) is 3.49. The predicted molar refractivity (Wildman–Crippen MR) is 87.0 cm³/mol. The van der Waals surface area contributed by atoms with Crippen LogP contribution in [-0.2, 0) is 16.0 Å². The van der Waals surface area contributed by atoms with Crippen LogP contribution in [0.1, 0.15) is 26.3 Å². The summed E-state index contributed by atoms with van der Waals surface area (Å²) >= 11 is 6.23. The van der Waals surface area contributed by atoms with Gasteiger partial charge in [-0.05, 0) is 38.0 Å². The van der Waals surface area contributed by atoms with E-state index in [1.54, 1.807) is 26.0 Å². The number of benzene rings is 1. The van der Waals surface area contributed by atoms with Crippen LogP contribution in [-0.4, -0.2) is 16.8 Å². The van der Waals surface area contributed by atoms with Gasteiger partial charge in [0.1, 0.15) is 5.82 Å². The molecule has 1 aromatic heterocycles. The molecule has 4 nitrogen and oxygen atoms in total. The zero-order valence-corrected chi connectivity index (χ0v) is 13.4. The standard InChI is InChI=1S/C17H15ClN2O2/c1-4-11-8-14(19-15-12(11)6-5-7-13(15)18)20-16(21)9(2)10(3)17(20)22/h5-8H,4H2,1-3H3. The number of imide groups is 1. The Morgan fingerprint density at radius 3 is 2.36 bits per heavy atom. The van der Waals surface area contributed by atoms with Crippen molar-refractivity contribution in [2.75, 3.05) is 4.90 Å². The van der Waals surface area contributed by atoms with Crippen molar-refractivity contribution in [2.24, 2.45) is 0 Å². The number of carbonyl (C=O) groups excluding carboxylic acids is 2. The maximum atomic E-state index is 12.3. The van der Waals surface area contributed by atoms with Gasteiger partial charge in [-0.3, -0.25) is 9.59 Å². The summed E-state index contributed by atoms with van der Waals surface area (Å²) in [6, 6.07) is 7.36. The molecule has 2 heterocycles. The minimum Gasteiger partial charge on any atom is -0.269 e. The molecule has 0 N–H and O–H groups in total. The van der Waals surface area contributed by atoms with Crippen LogP contribution in [0.5, 0.6) is 0 Å². The summed E-state index contributed by atoms with van der Waals surface area (Å²) in [5, 5.41) is 1.45. The number of nitrogens with zero attached hydrogens (tertiary/aromatic N) is 2. The average molecular weight is 315 g/mol. The van der Waals surface area contributed by atoms with Crippen LogP contribution in [0.3, 0.4) is 0 Å². The second kappa shape index (κ2) is 5.21. The van der Waals surface area contributed by atoms with Crippen molar-refractivity contribution in [1.82, 2.24) is 4.98 Å². The Labute approximate surface area is 133 Å². The molecule has 3 rings (SSSR count). The molecule has 1 aliphatic rings. The fraction of sp³-hybridized carbons (Fsp3) is 0.235. The van der Waals surface area contributed by atoms with E-state index in [4.69, 9.17) is 11.6 Å². The fourth-order valence-corrected chi connectivity index (χ4v) is 2.85. The Bertz CT molecular complexity index is 831. The molecule has 1 aromatic carbocycles. The largest absolute Gasteiger partial charge is 0.269 e. The molecule has 1 aliphatic heterocycles. The van der Waals surface area contributed by atoms with Crippen LogP contribution in [0.4, 0.5) is 5.82 Å². The highest BCUT2D eigenvalue weighted by molar-refractivity contribution is 6.35. The third-order valence-corrected chi connectivity index (χ3v) is 4.39. The zero-order chi connectivity index (χ0) is 16.0. The molecule has 2 amide bonds. The Balaban J connectivity index is 2.23. The van der Waals surface area contributed by atoms with E-state index in [0.717, 1.165) is 22.3 Å². The highest BCUT2D eigenvalue weighted by atomic mass is 35.5. The number of fused-ring (bicyclic) bond motifs is 1. The first-order chi connectivity index (χ1) is 10.5. The fourth-order valence-electron chi connectivity index (χ4n) is 2.63. The quantitative estimate of drug-likeness (QED) is 0.795. The summed E-state index contributed by atoms with van der Waals surface area (Å²) in [5.74, 6) is -0.296. The topological polar surface area (TPSA) is 50.3 Å². The van der Waals surface area contributed by atoms with Gasteiger partial charge in [0.15, 0.2) is 0 Å². The molecule has 0 saturated carbocycles. The predicted octanol–water partition coefficient (Wildman–Crippen LogP) is 3.66. The summed E-state index contributed by atoms with van der Waals surface area (Å²) < 4.78 is 0. The number of hydrogen-bond donors (Lipinski definition) is 0. The van der Waals surface area contributed by atoms with Gasteiger partial charge in [-0.1, -0.05) is 30.7 Å². The van der Waals surface area contributed by atoms with Gasteiger partial charge in [-0.15, -0.1) is 0 Å². The molecule has 0 radical (unpaired) electrons. The number of amides is 2. The molecular weight excluding hydrogens is 300 g/mol. The minimum atomic E-state index is -0.316. The first kappa shape index (κ1) is 14.7. The molecule has 0 spiro atoms. The molecule has 0 atom stereocenters. The van der Waals surface area contributed by atoms with E-state index in [0.29, 0.717) is 27.5 Å². The number of para-hydroxylation sites is 1. The van der Waals surface area contributed by atoms with Crippen LogP contribution in [0.25, 0.3) is 10.9 Å². The van der Waals surface area contributed by atoms with Crippen molar-refractivity contribution in [2.45, 2.75) is 27.2 Å². The number of aryl methyl sites for hydroxylation is 1. The smallest absolute Gasteiger partial charge is 0.262 e. The van der Waals surface area contributed by atoms with Crippen LogP contribution in [0, 0.1) is 0 Å². The van der Waals surface area contributed by atoms with Gasteiger partial charge in [0.25, 0.3) is 11.8 Å². The monoisotopic (exact) mass is 314 g/mol. The lowest BCUT2D eigenvalue weighted by Gasteiger charge is -2.16. The number of hydrogen-bond acceptors (Lipinski definition) is 3. The van der Waals surface area contributed by atoms with Crippen molar-refractivity contribution >= 4 is 40.1 Å². The summed E-state index contributed by atoms with van der Waals surface area (Å²) in [6.45, 7) is 5.33. The van der Waals surface area contributed by atoms with E-state index in [1.807, 2.05) is 19.1 Å². The van der Waals surface area contributed by atoms with E-state index >= 15 is 0 Å². The normalized spacial score (nSPS) is 15.4. The van der Waals surface area contributed by atoms with Gasteiger partial charge in [0.2, 0.25) is 0 Å². The van der Waals surface area contributed by atoms with Gasteiger partial charge in [-0.2, -0.15) is 0 Å². The Morgan fingerprint density at radius 2 is 1.77 bits per heavy atom. The highest BCUT2D eigenvalue weighted by Gasteiger charge is 2.35. The average Bonchev–Trinajstić information content (AvgIpc) is 2.71. The van der Waals surface area contributed by atoms with E-state index in [1.165, 1.54) is 0 Å². The van der Waals surface area contributed by atoms with E-state index in [-0.39, 0.29) is 11.8 Å². The number of carbonyl (C=O) groups is 2. The zero-order valence-electron chi connectivity index (χ0n) is 12.6. The third kappa shape index (κ3) is 2.03. The highest BCUT2D eigenvalue weighted by Crippen LogP contribution is 2.31. The van der Waals surface area contributed by atoms with Crippen molar-refractivity contribution in [3.05, 3.63) is 46.0 Å². The summed E-state index contributed by atoms with van der Waals surface area (Å²) in [6.07, 6.45) is 0.758. The third-order valence-electron chi connectivity index (χ3n) is 4.08. The maximum Gasteiger partial charge on any atom is 0.262 e. The molecule has 0 fully saturated rings. The van der Waals surface area contributed by atoms with Gasteiger partial charge < -0.3 is 0 Å². The number of anilines is 1. The van der Waals surface area contributed by atoms with E-state index < -0.39 is 0 Å². The minimum absolute atomic E-state index is 0.316. The molecule has 0 unspecified atom stereocenters. The Morgan fingerprint density at radius 1 is 1.14 bits per heavy atom. The van der Waals surface area contributed by atoms with Crippen LogP contribution >= 0.6 is 11.6 Å². The van der Waals surface area contributed by atoms with Crippen molar-refractivity contribution in [3.63, 3.8) is 0 Å². The summed E-state index contributed by atoms with van der Waals surface area (Å²) in [7, 11) is 0. The number of aromatic nitrogens is 1. The SMILES string of the molecule is CCc1cc(N2C(=O)C(C)=C(C)C2=O)nc2c(Cl)cccc12. The number of rotatable bonds is 2. The lowest BCUT2D eigenvalue weighted by atomic mass is 10.1. The van der Waals surface area contributed by atoms with E-state index in [9.17, 15) is 9.59 Å². The van der Waals surface area contributed by atoms with Gasteiger partial charge in [0, 0.05) is 16.5 Å². The molecule has 112 valence electrons. The van der Waals surface area contributed by atoms with Crippen LogP contribution in [0.2, 0.25) is 5.02 Å². The van der Waals surface area contributed by atoms with Gasteiger partial charge in [-0.25, -0.2) is 9.88 Å². The van der Waals surface area contributed by atoms with Gasteiger partial charge in [0.05, 0.1) is 10.5 Å². The Hall–Kier alpha value is -2.20. The van der Waals surface area contributed by atoms with E-state index in [2.05, 4.69) is 4.98 Å². The van der Waals surface area contributed by atoms with Crippen molar-refractivity contribution in [3.8, 4) is 0 Å². The number of halogens is 1. The second-order valence-corrected chi connectivity index (χ2v) is 5.73. The second-order valence-electron chi connectivity index (χ2n) is 5.32. The molecule has 0 aliphatic carbocycles. The first-order valence-corrected chi connectivity index (χ1v) is 7.48.